The molecule has 0 aliphatic heterocycles. The number of hydrogen-bond donors (Lipinski definition) is 2. The van der Waals surface area contributed by atoms with Gasteiger partial charge in [0.1, 0.15) is 0 Å². The number of thiocarbonyl (C=S) groups is 1. The van der Waals surface area contributed by atoms with Gasteiger partial charge in [-0.15, -0.1) is 0 Å². The minimum Gasteiger partial charge on any atom is -0.308 e. The molecule has 11 heteroatoms. The maximum Gasteiger partial charge on any atom is 0.270 e. The Bertz CT molecular complexity index is 1130. The molecule has 0 radical (unpaired) electrons. The van der Waals surface area contributed by atoms with Crippen molar-refractivity contribution in [3.05, 3.63) is 68.2 Å². The van der Waals surface area contributed by atoms with Gasteiger partial charge in [0.15, 0.2) is 10.2 Å². The van der Waals surface area contributed by atoms with Gasteiger partial charge in [-0.3, -0.25) is 20.2 Å². The molecule has 1 aromatic heterocycles. The first-order chi connectivity index (χ1) is 13.3. The highest BCUT2D eigenvalue weighted by atomic mass is 35.5. The molecule has 1 amide bonds. The quantitative estimate of drug-likeness (QED) is 0.249. The van der Waals surface area contributed by atoms with Crippen molar-refractivity contribution in [3.8, 4) is 0 Å². The molecule has 0 saturated heterocycles. The Kier molecular flexibility index (Phi) is 6.20. The van der Waals surface area contributed by atoms with Crippen LogP contribution in [0.5, 0.6) is 0 Å². The Morgan fingerprint density at radius 3 is 2.75 bits per heavy atom. The van der Waals surface area contributed by atoms with Gasteiger partial charge >= 0.3 is 0 Å². The lowest BCUT2D eigenvalue weighted by atomic mass is 10.2. The van der Waals surface area contributed by atoms with Gasteiger partial charge < -0.3 is 5.32 Å². The predicted molar refractivity (Wildman–Crippen MR) is 116 cm³/mol. The predicted octanol–water partition coefficient (Wildman–Crippen LogP) is 5.04. The second-order valence-corrected chi connectivity index (χ2v) is 7.65. The van der Waals surface area contributed by atoms with E-state index in [2.05, 4.69) is 15.6 Å². The molecule has 28 heavy (non-hydrogen) atoms. The summed E-state index contributed by atoms with van der Waals surface area (Å²) in [5.41, 5.74) is 1.20. The highest BCUT2D eigenvalue weighted by Gasteiger charge is 2.11. The number of hydrogen-bond acceptors (Lipinski definition) is 6. The second-order valence-electron chi connectivity index (χ2n) is 5.37. The van der Waals surface area contributed by atoms with E-state index in [9.17, 15) is 14.9 Å². The lowest BCUT2D eigenvalue weighted by Gasteiger charge is -2.04. The molecule has 0 spiro atoms. The Morgan fingerprint density at radius 1 is 1.25 bits per heavy atom. The Labute approximate surface area is 178 Å². The molecule has 0 unspecified atom stereocenters. The number of anilines is 1. The summed E-state index contributed by atoms with van der Waals surface area (Å²) in [6, 6.07) is 9.27. The van der Waals surface area contributed by atoms with Gasteiger partial charge in [-0.1, -0.05) is 40.6 Å². The van der Waals surface area contributed by atoms with Crippen molar-refractivity contribution in [2.75, 3.05) is 5.32 Å². The van der Waals surface area contributed by atoms with Crippen molar-refractivity contribution < 1.29 is 9.72 Å². The number of carbonyl (C=O) groups is 1. The fraction of sp³-hybridized carbons (Fsp3) is 0. The number of thiazole rings is 1. The van der Waals surface area contributed by atoms with Gasteiger partial charge in [-0.2, -0.15) is 0 Å². The SMILES string of the molecule is O=C(/C=C/c1ccc(Cl)cc1Cl)NC(=S)Nc1nc2ccc([N+](=O)[O-])cc2s1. The average molecular weight is 453 g/mol. The van der Waals surface area contributed by atoms with Crippen LogP contribution in [0.15, 0.2) is 42.5 Å². The Balaban J connectivity index is 1.63. The van der Waals surface area contributed by atoms with Crippen molar-refractivity contribution in [1.82, 2.24) is 10.3 Å². The van der Waals surface area contributed by atoms with Crippen LogP contribution in [-0.4, -0.2) is 20.9 Å². The van der Waals surface area contributed by atoms with Crippen molar-refractivity contribution in [2.45, 2.75) is 0 Å². The molecule has 0 aliphatic carbocycles. The van der Waals surface area contributed by atoms with E-state index in [-0.39, 0.29) is 10.8 Å². The summed E-state index contributed by atoms with van der Waals surface area (Å²) in [5.74, 6) is -0.458. The van der Waals surface area contributed by atoms with Crippen LogP contribution in [0.2, 0.25) is 10.0 Å². The number of nitrogens with zero attached hydrogens (tertiary/aromatic N) is 2. The Hall–Kier alpha value is -2.59. The largest absolute Gasteiger partial charge is 0.308 e. The fourth-order valence-electron chi connectivity index (χ4n) is 2.16. The summed E-state index contributed by atoms with van der Waals surface area (Å²) in [6.07, 6.45) is 2.82. The summed E-state index contributed by atoms with van der Waals surface area (Å²) in [5, 5.41) is 17.5. The molecule has 0 aliphatic rings. The van der Waals surface area contributed by atoms with Crippen molar-refractivity contribution in [2.24, 2.45) is 0 Å². The number of nitro benzene ring substituents is 1. The summed E-state index contributed by atoms with van der Waals surface area (Å²) in [6.45, 7) is 0. The van der Waals surface area contributed by atoms with Crippen LogP contribution in [0.25, 0.3) is 16.3 Å². The molecular formula is C17H10Cl2N4O3S2. The first-order valence-corrected chi connectivity index (χ1v) is 9.60. The number of nitro groups is 1. The maximum absolute atomic E-state index is 12.0. The maximum atomic E-state index is 12.0. The summed E-state index contributed by atoms with van der Waals surface area (Å²) in [7, 11) is 0. The van der Waals surface area contributed by atoms with E-state index in [0.29, 0.717) is 31.0 Å². The van der Waals surface area contributed by atoms with E-state index in [1.165, 1.54) is 35.6 Å². The molecule has 7 nitrogen and oxygen atoms in total. The lowest BCUT2D eigenvalue weighted by Crippen LogP contribution is -2.32. The number of aromatic nitrogens is 1. The van der Waals surface area contributed by atoms with Crippen LogP contribution in [-0.2, 0) is 4.79 Å². The van der Waals surface area contributed by atoms with E-state index in [4.69, 9.17) is 35.4 Å². The third-order valence-corrected chi connectivity index (χ3v) is 5.12. The third kappa shape index (κ3) is 5.02. The zero-order chi connectivity index (χ0) is 20.3. The molecule has 2 aromatic carbocycles. The first kappa shape index (κ1) is 20.2. The van der Waals surface area contributed by atoms with Gasteiger partial charge in [0.05, 0.1) is 15.1 Å². The van der Waals surface area contributed by atoms with Gasteiger partial charge in [-0.25, -0.2) is 4.98 Å². The molecule has 3 rings (SSSR count). The first-order valence-electron chi connectivity index (χ1n) is 7.62. The van der Waals surface area contributed by atoms with Crippen molar-refractivity contribution >= 4 is 84.9 Å². The van der Waals surface area contributed by atoms with Gasteiger partial charge in [-0.05, 0) is 42.1 Å². The van der Waals surface area contributed by atoms with E-state index in [1.807, 2.05) is 0 Å². The molecule has 142 valence electrons. The van der Waals surface area contributed by atoms with E-state index in [0.717, 1.165) is 0 Å². The summed E-state index contributed by atoms with van der Waals surface area (Å²) < 4.78 is 0.628. The molecule has 0 bridgehead atoms. The lowest BCUT2D eigenvalue weighted by molar-refractivity contribution is -0.384. The number of rotatable bonds is 4. The minimum atomic E-state index is -0.476. The highest BCUT2D eigenvalue weighted by Crippen LogP contribution is 2.29. The van der Waals surface area contributed by atoms with Crippen LogP contribution in [0, 0.1) is 10.1 Å². The summed E-state index contributed by atoms with van der Waals surface area (Å²) >= 11 is 18.1. The second kappa shape index (κ2) is 8.61. The van der Waals surface area contributed by atoms with Crippen LogP contribution >= 0.6 is 46.8 Å². The van der Waals surface area contributed by atoms with E-state index in [1.54, 1.807) is 24.3 Å². The number of fused-ring (bicyclic) bond motifs is 1. The number of halogens is 2. The average Bonchev–Trinajstić information content (AvgIpc) is 3.01. The van der Waals surface area contributed by atoms with Crippen LogP contribution in [0.4, 0.5) is 10.8 Å². The molecule has 0 fully saturated rings. The van der Waals surface area contributed by atoms with Crippen LogP contribution < -0.4 is 10.6 Å². The fourth-order valence-corrected chi connectivity index (χ4v) is 3.80. The molecular weight excluding hydrogens is 443 g/mol. The molecule has 2 N–H and O–H groups in total. The molecule has 3 aromatic rings. The Morgan fingerprint density at radius 2 is 2.04 bits per heavy atom. The van der Waals surface area contributed by atoms with E-state index < -0.39 is 10.8 Å². The van der Waals surface area contributed by atoms with Crippen LogP contribution in [0.3, 0.4) is 0 Å². The minimum absolute atomic E-state index is 0.0235. The number of non-ortho nitro benzene ring substituents is 1. The molecule has 1 heterocycles. The van der Waals surface area contributed by atoms with Crippen molar-refractivity contribution in [1.29, 1.82) is 0 Å². The van der Waals surface area contributed by atoms with Gasteiger partial charge in [0.25, 0.3) is 5.69 Å². The van der Waals surface area contributed by atoms with E-state index >= 15 is 0 Å². The molecule has 0 atom stereocenters. The third-order valence-electron chi connectivity index (χ3n) is 3.42. The smallest absolute Gasteiger partial charge is 0.270 e. The molecule has 0 saturated carbocycles. The monoisotopic (exact) mass is 452 g/mol. The van der Waals surface area contributed by atoms with Gasteiger partial charge in [0.2, 0.25) is 5.91 Å². The van der Waals surface area contributed by atoms with Crippen LogP contribution in [0.1, 0.15) is 5.56 Å². The summed E-state index contributed by atoms with van der Waals surface area (Å²) in [4.78, 5) is 26.6. The number of nitrogens with one attached hydrogen (secondary N) is 2. The normalized spacial score (nSPS) is 10.9. The van der Waals surface area contributed by atoms with Crippen molar-refractivity contribution in [3.63, 3.8) is 0 Å². The van der Waals surface area contributed by atoms with Gasteiger partial charge in [0, 0.05) is 28.3 Å². The topological polar surface area (TPSA) is 97.2 Å². The number of benzene rings is 2. The zero-order valence-corrected chi connectivity index (χ0v) is 17.0. The number of amides is 1. The number of carbonyl (C=O) groups excluding carboxylic acids is 1. The zero-order valence-electron chi connectivity index (χ0n) is 13.8. The highest BCUT2D eigenvalue weighted by molar-refractivity contribution is 7.80. The standard InChI is InChI=1S/C17H10Cl2N4O3S2/c18-10-3-1-9(12(19)7-10)2-6-15(24)21-16(27)22-17-20-13-5-4-11(23(25)26)8-14(13)28-17/h1-8H,(H2,20,21,22,24,27)/b6-2+.